The first kappa shape index (κ1) is 15.7. The lowest BCUT2D eigenvalue weighted by Crippen LogP contribution is -2.10. The largest absolute Gasteiger partial charge is 0.331 e. The number of hydrogen-bond donors (Lipinski definition) is 1. The highest BCUT2D eigenvalue weighted by Gasteiger charge is 2.09. The van der Waals surface area contributed by atoms with Crippen LogP contribution in [-0.2, 0) is 0 Å². The Bertz CT molecular complexity index is 1120. The van der Waals surface area contributed by atoms with Crippen molar-refractivity contribution in [1.82, 2.24) is 15.0 Å². The first-order valence-corrected chi connectivity index (χ1v) is 8.86. The minimum Gasteiger partial charge on any atom is -0.331 e. The summed E-state index contributed by atoms with van der Waals surface area (Å²) in [5.41, 5.74) is 3.57. The summed E-state index contributed by atoms with van der Waals surface area (Å²) in [6, 6.07) is 15.6. The Balaban J connectivity index is 1.74. The van der Waals surface area contributed by atoms with Crippen molar-refractivity contribution in [1.29, 1.82) is 0 Å². The zero-order chi connectivity index (χ0) is 17.4. The molecule has 0 aliphatic heterocycles. The summed E-state index contributed by atoms with van der Waals surface area (Å²) in [6.07, 6.45) is 0. The molecule has 0 saturated carbocycles. The molecule has 0 atom stereocenters. The third kappa shape index (κ3) is 3.08. The molecule has 2 heterocycles. The lowest BCUT2D eigenvalue weighted by atomic mass is 10.0. The lowest BCUT2D eigenvalue weighted by Gasteiger charge is -2.08. The van der Waals surface area contributed by atoms with Gasteiger partial charge >= 0.3 is 5.56 Å². The molecule has 5 nitrogen and oxygen atoms in total. The van der Waals surface area contributed by atoms with Crippen LogP contribution in [0.1, 0.15) is 25.3 Å². The molecule has 2 aromatic heterocycles. The predicted molar refractivity (Wildman–Crippen MR) is 103 cm³/mol. The molecule has 6 heteroatoms. The summed E-state index contributed by atoms with van der Waals surface area (Å²) in [5.74, 6) is 0.479. The first-order chi connectivity index (χ1) is 12.1. The highest BCUT2D eigenvalue weighted by Crippen LogP contribution is 2.24. The van der Waals surface area contributed by atoms with Crippen molar-refractivity contribution in [3.63, 3.8) is 0 Å². The Morgan fingerprint density at radius 2 is 1.60 bits per heavy atom. The first-order valence-electron chi connectivity index (χ1n) is 8.05. The summed E-state index contributed by atoms with van der Waals surface area (Å²) in [5, 5.41) is 3.70. The van der Waals surface area contributed by atoms with E-state index >= 15 is 0 Å². The monoisotopic (exact) mass is 348 g/mol. The van der Waals surface area contributed by atoms with Crippen LogP contribution in [0.2, 0.25) is 0 Å². The van der Waals surface area contributed by atoms with E-state index in [-0.39, 0.29) is 5.56 Å². The van der Waals surface area contributed by atoms with Gasteiger partial charge in [0.1, 0.15) is 0 Å². The van der Waals surface area contributed by atoms with Crippen LogP contribution in [0.15, 0.2) is 53.3 Å². The topological polar surface area (TPSA) is 67.8 Å². The number of para-hydroxylation sites is 2. The average Bonchev–Trinajstić information content (AvgIpc) is 2.61. The van der Waals surface area contributed by atoms with E-state index in [0.29, 0.717) is 26.9 Å². The number of hydrogen-bond acceptors (Lipinski definition) is 6. The van der Waals surface area contributed by atoms with Crippen molar-refractivity contribution < 1.29 is 0 Å². The highest BCUT2D eigenvalue weighted by atomic mass is 32.1. The van der Waals surface area contributed by atoms with Crippen LogP contribution in [0, 0.1) is 0 Å². The second-order valence-corrected chi connectivity index (χ2v) is 7.07. The molecule has 4 aromatic rings. The molecule has 0 aliphatic rings. The Hall–Kier alpha value is -2.86. The fraction of sp³-hybridized carbons (Fsp3) is 0.158. The van der Waals surface area contributed by atoms with E-state index in [1.165, 1.54) is 16.9 Å². The molecule has 0 saturated heterocycles. The lowest BCUT2D eigenvalue weighted by molar-refractivity contribution is 0.867. The van der Waals surface area contributed by atoms with Crippen molar-refractivity contribution in [2.24, 2.45) is 0 Å². The molecule has 0 fully saturated rings. The predicted octanol–water partition coefficient (Wildman–Crippen LogP) is 4.47. The van der Waals surface area contributed by atoms with Crippen molar-refractivity contribution in [2.45, 2.75) is 19.8 Å². The molecule has 0 radical (unpaired) electrons. The molecule has 0 unspecified atom stereocenters. The maximum atomic E-state index is 12.3. The Morgan fingerprint density at radius 1 is 0.920 bits per heavy atom. The van der Waals surface area contributed by atoms with Crippen molar-refractivity contribution >= 4 is 43.5 Å². The normalized spacial score (nSPS) is 11.3. The van der Waals surface area contributed by atoms with Gasteiger partial charge in [0.2, 0.25) is 0 Å². The summed E-state index contributed by atoms with van der Waals surface area (Å²) in [7, 11) is 0. The van der Waals surface area contributed by atoms with Gasteiger partial charge in [0.15, 0.2) is 15.5 Å². The van der Waals surface area contributed by atoms with Gasteiger partial charge in [-0.15, -0.1) is 0 Å². The average molecular weight is 348 g/mol. The summed E-state index contributed by atoms with van der Waals surface area (Å²) < 4.78 is 0. The van der Waals surface area contributed by atoms with Crippen LogP contribution < -0.4 is 10.9 Å². The SMILES string of the molecule is CC(C)c1ccc(Nc2nc(=O)c3nc4ccccc4nc3s2)cc1. The second kappa shape index (κ2) is 6.22. The Kier molecular flexibility index (Phi) is 3.89. The van der Waals surface area contributed by atoms with Gasteiger partial charge in [-0.25, -0.2) is 9.97 Å². The minimum atomic E-state index is -0.367. The maximum absolute atomic E-state index is 12.3. The summed E-state index contributed by atoms with van der Waals surface area (Å²) >= 11 is 1.33. The molecular weight excluding hydrogens is 332 g/mol. The van der Waals surface area contributed by atoms with E-state index in [1.54, 1.807) is 0 Å². The molecular formula is C19H16N4OS. The van der Waals surface area contributed by atoms with E-state index in [1.807, 2.05) is 36.4 Å². The molecule has 0 bridgehead atoms. The number of rotatable bonds is 3. The third-order valence-corrected chi connectivity index (χ3v) is 4.83. The van der Waals surface area contributed by atoms with Crippen LogP contribution in [-0.4, -0.2) is 15.0 Å². The van der Waals surface area contributed by atoms with Gasteiger partial charge in [-0.2, -0.15) is 4.98 Å². The fourth-order valence-corrected chi connectivity index (χ4v) is 3.44. The zero-order valence-corrected chi connectivity index (χ0v) is 14.7. The van der Waals surface area contributed by atoms with Gasteiger partial charge in [0.05, 0.1) is 11.0 Å². The number of fused-ring (bicyclic) bond motifs is 2. The number of anilines is 2. The van der Waals surface area contributed by atoms with E-state index in [4.69, 9.17) is 0 Å². The number of nitrogens with zero attached hydrogens (tertiary/aromatic N) is 3. The van der Waals surface area contributed by atoms with Crippen LogP contribution >= 0.6 is 11.3 Å². The van der Waals surface area contributed by atoms with E-state index in [9.17, 15) is 4.79 Å². The van der Waals surface area contributed by atoms with Gasteiger partial charge < -0.3 is 5.32 Å². The molecule has 25 heavy (non-hydrogen) atoms. The van der Waals surface area contributed by atoms with Crippen LogP contribution in [0.3, 0.4) is 0 Å². The smallest absolute Gasteiger partial charge is 0.301 e. The second-order valence-electron chi connectivity index (χ2n) is 6.09. The molecule has 0 amide bonds. The van der Waals surface area contributed by atoms with Gasteiger partial charge in [0, 0.05) is 5.69 Å². The van der Waals surface area contributed by atoms with Crippen molar-refractivity contribution in [3.8, 4) is 0 Å². The summed E-state index contributed by atoms with van der Waals surface area (Å²) in [6.45, 7) is 4.31. The van der Waals surface area contributed by atoms with E-state index in [0.717, 1.165) is 11.2 Å². The molecule has 0 aliphatic carbocycles. The maximum Gasteiger partial charge on any atom is 0.301 e. The summed E-state index contributed by atoms with van der Waals surface area (Å²) in [4.78, 5) is 26.0. The molecule has 1 N–H and O–H groups in total. The zero-order valence-electron chi connectivity index (χ0n) is 13.9. The number of benzene rings is 2. The van der Waals surface area contributed by atoms with Crippen LogP contribution in [0.25, 0.3) is 21.4 Å². The standard InChI is InChI=1S/C19H16N4OS/c1-11(2)12-7-9-13(10-8-12)20-19-23-17(24)16-18(25-19)22-15-6-4-3-5-14(15)21-16/h3-11H,1-2H3,(H,20,23,24). The minimum absolute atomic E-state index is 0.310. The number of nitrogens with one attached hydrogen (secondary N) is 1. The van der Waals surface area contributed by atoms with Gasteiger partial charge in [0.25, 0.3) is 0 Å². The van der Waals surface area contributed by atoms with Crippen molar-refractivity contribution in [2.75, 3.05) is 5.32 Å². The van der Waals surface area contributed by atoms with E-state index in [2.05, 4.69) is 46.2 Å². The van der Waals surface area contributed by atoms with Gasteiger partial charge in [-0.1, -0.05) is 49.4 Å². The van der Waals surface area contributed by atoms with Crippen LogP contribution in [0.5, 0.6) is 0 Å². The van der Waals surface area contributed by atoms with E-state index < -0.39 is 0 Å². The van der Waals surface area contributed by atoms with Crippen LogP contribution in [0.4, 0.5) is 10.8 Å². The quantitative estimate of drug-likeness (QED) is 0.553. The molecule has 2 aromatic carbocycles. The van der Waals surface area contributed by atoms with Crippen molar-refractivity contribution in [3.05, 3.63) is 64.4 Å². The molecule has 0 spiro atoms. The molecule has 4 rings (SSSR count). The fourth-order valence-electron chi connectivity index (χ4n) is 2.58. The number of aromatic nitrogens is 3. The Labute approximate surface area is 148 Å². The third-order valence-electron chi connectivity index (χ3n) is 3.97. The highest BCUT2D eigenvalue weighted by molar-refractivity contribution is 7.21. The van der Waals surface area contributed by atoms with Gasteiger partial charge in [-0.05, 0) is 35.7 Å². The van der Waals surface area contributed by atoms with Gasteiger partial charge in [-0.3, -0.25) is 4.79 Å². The molecule has 124 valence electrons. The Morgan fingerprint density at radius 3 is 2.28 bits per heavy atom.